The lowest BCUT2D eigenvalue weighted by molar-refractivity contribution is -0.265. The third-order valence-electron chi connectivity index (χ3n) is 19.0. The third kappa shape index (κ3) is 20.2. The van der Waals surface area contributed by atoms with Crippen molar-refractivity contribution in [2.24, 2.45) is 23.7 Å². The highest BCUT2D eigenvalue weighted by Crippen LogP contribution is 2.41. The van der Waals surface area contributed by atoms with Crippen LogP contribution < -0.4 is 9.47 Å². The van der Waals surface area contributed by atoms with E-state index in [1.807, 2.05) is 86.6 Å². The van der Waals surface area contributed by atoms with E-state index in [2.05, 4.69) is 15.9 Å². The zero-order valence-corrected chi connectivity index (χ0v) is 61.5. The predicted octanol–water partition coefficient (Wildman–Crippen LogP) is 14.2. The second kappa shape index (κ2) is 36.3. The van der Waals surface area contributed by atoms with Crippen LogP contribution in [0.3, 0.4) is 0 Å². The molecule has 15 atom stereocenters. The van der Waals surface area contributed by atoms with E-state index < -0.39 is 91.9 Å². The van der Waals surface area contributed by atoms with E-state index in [0.29, 0.717) is 36.0 Å². The lowest BCUT2D eigenvalue weighted by Crippen LogP contribution is -2.58. The molecule has 12 rings (SSSR count). The van der Waals surface area contributed by atoms with Crippen LogP contribution in [-0.2, 0) is 52.5 Å². The number of ether oxygens (including phenoxy) is 7. The number of aryl methyl sites for hydroxylation is 6. The Morgan fingerprint density at radius 1 is 0.443 bits per heavy atom. The van der Waals surface area contributed by atoms with Gasteiger partial charge in [0.25, 0.3) is 0 Å². The number of ketones is 3. The number of alkyl halides is 4. The minimum Gasteiger partial charge on any atom is -0.507 e. The molecule has 6 aromatic carbocycles. The van der Waals surface area contributed by atoms with Gasteiger partial charge in [-0.1, -0.05) is 61.8 Å². The molecular formula is C80H88BrF3O22. The first-order chi connectivity index (χ1) is 50.4. The highest BCUT2D eigenvalue weighted by molar-refractivity contribution is 9.09. The fourth-order valence-electron chi connectivity index (χ4n) is 12.6. The van der Waals surface area contributed by atoms with Crippen molar-refractivity contribution < 1.29 is 119 Å². The van der Waals surface area contributed by atoms with Crippen LogP contribution in [-0.4, -0.2) is 151 Å². The number of Topliss-reactive ketones (excluding diaryl/α,β-unsaturated/α-hetero) is 3. The molecule has 3 fully saturated rings. The number of aromatic hydroxyl groups is 4. The van der Waals surface area contributed by atoms with Crippen LogP contribution in [0.2, 0.25) is 0 Å². The van der Waals surface area contributed by atoms with Crippen molar-refractivity contribution in [3.8, 4) is 34.5 Å². The van der Waals surface area contributed by atoms with Crippen molar-refractivity contribution in [3.63, 3.8) is 0 Å². The van der Waals surface area contributed by atoms with Gasteiger partial charge in [-0.05, 0) is 182 Å². The number of hydrogen-bond donors (Lipinski definition) is 7. The molecule has 3 aliphatic heterocycles. The lowest BCUT2D eigenvalue weighted by atomic mass is 9.85. The van der Waals surface area contributed by atoms with Gasteiger partial charge in [-0.2, -0.15) is 0 Å². The topological polar surface area (TPSA) is 331 Å². The number of fused-ring (bicyclic) bond motifs is 3. The Hall–Kier alpha value is -9.28. The number of aliphatic hydroxyl groups excluding tert-OH is 3. The summed E-state index contributed by atoms with van der Waals surface area (Å²) in [5.41, 5.74) is 7.11. The Morgan fingerprint density at radius 3 is 1.21 bits per heavy atom. The number of phenols is 4. The van der Waals surface area contributed by atoms with E-state index in [4.69, 9.17) is 46.4 Å². The van der Waals surface area contributed by atoms with Crippen LogP contribution in [0.15, 0.2) is 141 Å². The summed E-state index contributed by atoms with van der Waals surface area (Å²) in [6, 6.07) is 31.6. The van der Waals surface area contributed by atoms with Crippen molar-refractivity contribution in [1.29, 1.82) is 0 Å². The normalized spacial score (nSPS) is 24.1. The average Bonchev–Trinajstić information content (AvgIpc) is 1.01. The van der Waals surface area contributed by atoms with Crippen LogP contribution in [0.25, 0.3) is 32.9 Å². The Kier molecular flexibility index (Phi) is 27.7. The fourth-order valence-corrected chi connectivity index (χ4v) is 13.3. The van der Waals surface area contributed by atoms with Gasteiger partial charge >= 0.3 is 11.9 Å². The molecule has 3 aliphatic rings. The SMILES string of the molecule is CC(=O)OCC1OC(Br)C(C)C(C)C1F.CC(=O)OCC1OC(Oc2cc(C)cc(O)c2C(=O)CCc2ccc3occc3c2)C(C)C(C)C1F.Cc1cc(O)c(C(=O)CCc2ccc3occc3c2)c(O)c1.Cc1cc(O)c(C(=O)CCc2ccc3occc3c2)c(OC2OC(CO)C(F)C(O)C2O)c1. The number of rotatable bonds is 21. The first-order valence-electron chi connectivity index (χ1n) is 34.7. The minimum atomic E-state index is -2.01. The highest BCUT2D eigenvalue weighted by atomic mass is 79.9. The van der Waals surface area contributed by atoms with Gasteiger partial charge in [0.15, 0.2) is 23.5 Å². The summed E-state index contributed by atoms with van der Waals surface area (Å²) in [5.74, 6) is -3.47. The van der Waals surface area contributed by atoms with Gasteiger partial charge in [0.05, 0.1) is 25.4 Å². The Morgan fingerprint density at radius 2 is 0.802 bits per heavy atom. The van der Waals surface area contributed by atoms with Crippen molar-refractivity contribution in [2.45, 2.75) is 167 Å². The number of esters is 2. The van der Waals surface area contributed by atoms with Gasteiger partial charge in [0.1, 0.15) is 129 Å². The summed E-state index contributed by atoms with van der Waals surface area (Å²) < 4.78 is 96.6. The summed E-state index contributed by atoms with van der Waals surface area (Å²) >= 11 is 3.34. The molecule has 0 aliphatic carbocycles. The van der Waals surface area contributed by atoms with Crippen molar-refractivity contribution in [2.75, 3.05) is 19.8 Å². The number of carbonyl (C=O) groups is 5. The van der Waals surface area contributed by atoms with E-state index in [0.717, 1.165) is 49.6 Å². The summed E-state index contributed by atoms with van der Waals surface area (Å²) in [6.07, 6.45) is -6.96. The van der Waals surface area contributed by atoms with Crippen molar-refractivity contribution >= 4 is 78.1 Å². The van der Waals surface area contributed by atoms with E-state index in [1.165, 1.54) is 44.2 Å². The van der Waals surface area contributed by atoms with E-state index in [1.54, 1.807) is 59.5 Å². The highest BCUT2D eigenvalue weighted by Gasteiger charge is 2.47. The van der Waals surface area contributed by atoms with Crippen molar-refractivity contribution in [3.05, 3.63) is 178 Å². The number of carbonyl (C=O) groups excluding carboxylic acids is 5. The first-order valence-corrected chi connectivity index (χ1v) is 35.6. The fraction of sp³-hybridized carbons (Fsp3) is 0.412. The van der Waals surface area contributed by atoms with Gasteiger partial charge in [0.2, 0.25) is 12.6 Å². The minimum absolute atomic E-state index is 0.00464. The molecule has 3 aromatic heterocycles. The molecule has 6 heterocycles. The molecule has 568 valence electrons. The molecule has 9 aromatic rings. The maximum Gasteiger partial charge on any atom is 0.302 e. The smallest absolute Gasteiger partial charge is 0.302 e. The molecule has 3 saturated heterocycles. The average molecular weight is 1540 g/mol. The number of halogens is 4. The maximum atomic E-state index is 14.9. The van der Waals surface area contributed by atoms with Gasteiger partial charge in [0, 0.05) is 55.2 Å². The Bertz CT molecular complexity index is 4500. The van der Waals surface area contributed by atoms with Crippen LogP contribution in [0, 0.1) is 44.4 Å². The van der Waals surface area contributed by atoms with Crippen LogP contribution in [0.1, 0.15) is 125 Å². The molecule has 7 N–H and O–H groups in total. The number of phenolic OH excluding ortho intramolecular Hbond substituents is 4. The van der Waals surface area contributed by atoms with Crippen LogP contribution in [0.5, 0.6) is 34.5 Å². The first kappa shape index (κ1) is 80.8. The molecule has 22 nitrogen and oxygen atoms in total. The number of benzene rings is 6. The molecule has 106 heavy (non-hydrogen) atoms. The van der Waals surface area contributed by atoms with Crippen molar-refractivity contribution in [1.82, 2.24) is 0 Å². The molecule has 0 saturated carbocycles. The van der Waals surface area contributed by atoms with Gasteiger partial charge < -0.3 is 82.2 Å². The molecule has 15 unspecified atom stereocenters. The number of hydrogen-bond acceptors (Lipinski definition) is 22. The molecule has 0 amide bonds. The van der Waals surface area contributed by atoms with Gasteiger partial charge in [-0.25, -0.2) is 13.2 Å². The zero-order valence-electron chi connectivity index (χ0n) is 59.9. The molecular weight excluding hydrogens is 1450 g/mol. The Balaban J connectivity index is 0.000000171. The van der Waals surface area contributed by atoms with Crippen LogP contribution >= 0.6 is 15.9 Å². The Labute approximate surface area is 618 Å². The monoisotopic (exact) mass is 1540 g/mol. The number of furan rings is 3. The van der Waals surface area contributed by atoms with E-state index >= 15 is 0 Å². The lowest BCUT2D eigenvalue weighted by Gasteiger charge is -2.41. The summed E-state index contributed by atoms with van der Waals surface area (Å²) in [6.45, 7) is 14.0. The standard InChI is InChI=1S/C28H31FO7.C24H25FO8.C18H16O4.C10H16BrFO3/c1-15-11-22(32)26(21(31)7-5-19-6-8-23-20(13-19)9-10-33-23)24(12-15)35-28-17(3)16(2)27(29)25(36-28)14-34-18(4)30;1-12-8-16(28)20(15(27)4-2-13-3-5-17-14(10-13)6-7-31-17)18(9-12)32-24-23(30)22(29)21(25)19(11-26)33-24;1-11-8-15(20)18(16(21)9-11)14(19)4-2-12-3-5-17-13(10-12)6-7-22-17;1-5-6(2)10(11)15-8(9(5)12)4-14-7(3)13/h6,8-13,16-17,25,27-28,32H,5,7,14H2,1-4H3;3,5-10,19,21-24,26,28-30H,2,4,11H2,1H3;3,5-10,20-21H,2,4H2,1H3;5-6,8-10H,4H2,1-3H3. The van der Waals surface area contributed by atoms with E-state index in [-0.39, 0.29) is 118 Å². The third-order valence-corrected chi connectivity index (χ3v) is 20.1. The van der Waals surface area contributed by atoms with Gasteiger partial charge in [-0.15, -0.1) is 0 Å². The summed E-state index contributed by atoms with van der Waals surface area (Å²) in [5, 5.41) is 73.0. The van der Waals surface area contributed by atoms with Gasteiger partial charge in [-0.3, -0.25) is 24.0 Å². The second-order valence-corrected chi connectivity index (χ2v) is 27.9. The molecule has 0 bridgehead atoms. The largest absolute Gasteiger partial charge is 0.507 e. The molecule has 26 heteroatoms. The predicted molar refractivity (Wildman–Crippen MR) is 387 cm³/mol. The number of aliphatic hydroxyl groups is 3. The van der Waals surface area contributed by atoms with Crippen LogP contribution in [0.4, 0.5) is 13.2 Å². The maximum absolute atomic E-state index is 14.9. The quantitative estimate of drug-likeness (QED) is 0.0200. The zero-order chi connectivity index (χ0) is 77.0. The summed E-state index contributed by atoms with van der Waals surface area (Å²) in [7, 11) is 0. The molecule has 0 radical (unpaired) electrons. The summed E-state index contributed by atoms with van der Waals surface area (Å²) in [4.78, 5) is 60.4. The molecule has 0 spiro atoms. The second-order valence-electron chi connectivity index (χ2n) is 27.0. The van der Waals surface area contributed by atoms with E-state index in [9.17, 15) is 72.9 Å².